The molecule has 120 valence electrons. The maximum atomic E-state index is 11.9. The van der Waals surface area contributed by atoms with E-state index in [1.165, 1.54) is 11.3 Å². The minimum Gasteiger partial charge on any atom is -0.497 e. The molecule has 1 amide bonds. The van der Waals surface area contributed by atoms with Gasteiger partial charge in [-0.05, 0) is 37.1 Å². The molecule has 1 aliphatic rings. The number of amides is 1. The maximum Gasteiger partial charge on any atom is 0.264 e. The molecule has 1 aromatic heterocycles. The molecule has 0 aliphatic heterocycles. The summed E-state index contributed by atoms with van der Waals surface area (Å²) in [6, 6.07) is 6.97. The van der Waals surface area contributed by atoms with Crippen LogP contribution in [0.5, 0.6) is 11.5 Å². The molecule has 0 saturated heterocycles. The van der Waals surface area contributed by atoms with Crippen molar-refractivity contribution in [2.24, 2.45) is 0 Å². The molecule has 3 rings (SSSR count). The van der Waals surface area contributed by atoms with Gasteiger partial charge in [0.05, 0.1) is 17.7 Å². The quantitative estimate of drug-likeness (QED) is 0.911. The molecule has 0 saturated carbocycles. The molecule has 0 fully saturated rings. The van der Waals surface area contributed by atoms with E-state index < -0.39 is 0 Å². The van der Waals surface area contributed by atoms with Crippen LogP contribution in [-0.4, -0.2) is 30.4 Å². The van der Waals surface area contributed by atoms with Crippen molar-refractivity contribution in [2.75, 3.05) is 19.0 Å². The lowest BCUT2D eigenvalue weighted by atomic mass is 10.0. The molecule has 1 aromatic carbocycles. The van der Waals surface area contributed by atoms with Crippen molar-refractivity contribution in [3.8, 4) is 11.5 Å². The monoisotopic (exact) mass is 332 g/mol. The summed E-state index contributed by atoms with van der Waals surface area (Å²) in [5, 5.41) is 3.13. The van der Waals surface area contributed by atoms with Crippen LogP contribution >= 0.6 is 11.3 Å². The van der Waals surface area contributed by atoms with Crippen molar-refractivity contribution < 1.29 is 19.1 Å². The number of hydrogen-bond acceptors (Lipinski definition) is 6. The van der Waals surface area contributed by atoms with Crippen LogP contribution in [0.2, 0.25) is 0 Å². The smallest absolute Gasteiger partial charge is 0.264 e. The van der Waals surface area contributed by atoms with Gasteiger partial charge in [0.15, 0.2) is 17.5 Å². The van der Waals surface area contributed by atoms with E-state index in [4.69, 9.17) is 9.47 Å². The molecule has 1 aliphatic carbocycles. The summed E-state index contributed by atoms with van der Waals surface area (Å²) in [6.07, 6.45) is 2.17. The van der Waals surface area contributed by atoms with Gasteiger partial charge in [0, 0.05) is 6.42 Å². The predicted octanol–water partition coefficient (Wildman–Crippen LogP) is 2.69. The SMILES string of the molecule is COc1ccc(OCC(=O)Nc2nc3c(s2)C(=O)CCC3)cc1. The number of hydrogen-bond donors (Lipinski definition) is 1. The van der Waals surface area contributed by atoms with Gasteiger partial charge < -0.3 is 9.47 Å². The Morgan fingerprint density at radius 1 is 1.26 bits per heavy atom. The summed E-state index contributed by atoms with van der Waals surface area (Å²) in [5.74, 6) is 1.10. The van der Waals surface area contributed by atoms with Gasteiger partial charge in [-0.3, -0.25) is 14.9 Å². The summed E-state index contributed by atoms with van der Waals surface area (Å²) >= 11 is 1.23. The number of methoxy groups -OCH3 is 1. The summed E-state index contributed by atoms with van der Waals surface area (Å²) in [4.78, 5) is 28.7. The maximum absolute atomic E-state index is 11.9. The van der Waals surface area contributed by atoms with Gasteiger partial charge in [0.1, 0.15) is 11.5 Å². The van der Waals surface area contributed by atoms with Crippen LogP contribution in [-0.2, 0) is 11.2 Å². The Kier molecular flexibility index (Phi) is 4.57. The number of anilines is 1. The molecular formula is C16H16N2O4S. The van der Waals surface area contributed by atoms with E-state index in [1.807, 2.05) is 0 Å². The minimum absolute atomic E-state index is 0.110. The zero-order valence-electron chi connectivity index (χ0n) is 12.6. The van der Waals surface area contributed by atoms with E-state index in [-0.39, 0.29) is 18.3 Å². The number of carbonyl (C=O) groups is 2. The number of ether oxygens (including phenoxy) is 2. The van der Waals surface area contributed by atoms with Crippen LogP contribution in [0.15, 0.2) is 24.3 Å². The van der Waals surface area contributed by atoms with E-state index in [1.54, 1.807) is 31.4 Å². The highest BCUT2D eigenvalue weighted by molar-refractivity contribution is 7.17. The first-order valence-electron chi connectivity index (χ1n) is 7.25. The highest BCUT2D eigenvalue weighted by atomic mass is 32.1. The number of nitrogens with one attached hydrogen (secondary N) is 1. The Hall–Kier alpha value is -2.41. The third kappa shape index (κ3) is 3.68. The van der Waals surface area contributed by atoms with E-state index in [2.05, 4.69) is 10.3 Å². The second-order valence-electron chi connectivity index (χ2n) is 5.08. The number of fused-ring (bicyclic) bond motifs is 1. The molecule has 23 heavy (non-hydrogen) atoms. The summed E-state index contributed by atoms with van der Waals surface area (Å²) in [6.45, 7) is -0.121. The molecule has 0 atom stereocenters. The lowest BCUT2D eigenvalue weighted by molar-refractivity contribution is -0.118. The fourth-order valence-electron chi connectivity index (χ4n) is 2.30. The fourth-order valence-corrected chi connectivity index (χ4v) is 3.29. The molecular weight excluding hydrogens is 316 g/mol. The van der Waals surface area contributed by atoms with Gasteiger partial charge in [0.2, 0.25) is 0 Å². The van der Waals surface area contributed by atoms with Crippen LogP contribution in [0, 0.1) is 0 Å². The lowest BCUT2D eigenvalue weighted by Gasteiger charge is -2.06. The molecule has 1 heterocycles. The first kappa shape index (κ1) is 15.5. The number of rotatable bonds is 5. The second kappa shape index (κ2) is 6.78. The van der Waals surface area contributed by atoms with Gasteiger partial charge in [0.25, 0.3) is 5.91 Å². The number of carbonyl (C=O) groups excluding carboxylic acids is 2. The first-order chi connectivity index (χ1) is 11.2. The number of benzene rings is 1. The fraction of sp³-hybridized carbons (Fsp3) is 0.312. The van der Waals surface area contributed by atoms with Crippen molar-refractivity contribution in [3.63, 3.8) is 0 Å². The number of aryl methyl sites for hydroxylation is 1. The van der Waals surface area contributed by atoms with Crippen molar-refractivity contribution in [1.29, 1.82) is 0 Å². The second-order valence-corrected chi connectivity index (χ2v) is 6.08. The van der Waals surface area contributed by atoms with Crippen molar-refractivity contribution in [1.82, 2.24) is 4.98 Å². The third-order valence-electron chi connectivity index (χ3n) is 3.44. The molecule has 7 heteroatoms. The topological polar surface area (TPSA) is 77.5 Å². The lowest BCUT2D eigenvalue weighted by Crippen LogP contribution is -2.20. The third-order valence-corrected chi connectivity index (χ3v) is 4.50. The van der Waals surface area contributed by atoms with Crippen molar-refractivity contribution >= 4 is 28.2 Å². The first-order valence-corrected chi connectivity index (χ1v) is 8.07. The molecule has 0 radical (unpaired) electrons. The largest absolute Gasteiger partial charge is 0.497 e. The summed E-state index contributed by atoms with van der Waals surface area (Å²) < 4.78 is 10.5. The standard InChI is InChI=1S/C16H16N2O4S/c1-21-10-5-7-11(8-6-10)22-9-14(20)18-16-17-12-3-2-4-13(19)15(12)23-16/h5-8H,2-4,9H2,1H3,(H,17,18,20). The molecule has 0 spiro atoms. The molecule has 6 nitrogen and oxygen atoms in total. The normalized spacial score (nSPS) is 13.3. The van der Waals surface area contributed by atoms with Gasteiger partial charge in [-0.25, -0.2) is 4.98 Å². The van der Waals surface area contributed by atoms with Crippen LogP contribution in [0.25, 0.3) is 0 Å². The Balaban J connectivity index is 1.56. The molecule has 2 aromatic rings. The van der Waals surface area contributed by atoms with Gasteiger partial charge in [-0.1, -0.05) is 11.3 Å². The van der Waals surface area contributed by atoms with Gasteiger partial charge in [-0.15, -0.1) is 0 Å². The highest BCUT2D eigenvalue weighted by Crippen LogP contribution is 2.29. The summed E-state index contributed by atoms with van der Waals surface area (Å²) in [7, 11) is 1.58. The Morgan fingerprint density at radius 3 is 2.70 bits per heavy atom. The van der Waals surface area contributed by atoms with Gasteiger partial charge >= 0.3 is 0 Å². The van der Waals surface area contributed by atoms with Gasteiger partial charge in [-0.2, -0.15) is 0 Å². The van der Waals surface area contributed by atoms with Crippen molar-refractivity contribution in [2.45, 2.75) is 19.3 Å². The average molecular weight is 332 g/mol. The van der Waals surface area contributed by atoms with E-state index in [9.17, 15) is 9.59 Å². The van der Waals surface area contributed by atoms with Crippen molar-refractivity contribution in [3.05, 3.63) is 34.8 Å². The molecule has 0 unspecified atom stereocenters. The van der Waals surface area contributed by atoms with E-state index in [0.717, 1.165) is 24.3 Å². The Bertz CT molecular complexity index is 724. The van der Waals surface area contributed by atoms with Crippen LogP contribution in [0.3, 0.4) is 0 Å². The summed E-state index contributed by atoms with van der Waals surface area (Å²) in [5.41, 5.74) is 0.789. The Labute approximate surface area is 137 Å². The average Bonchev–Trinajstić information content (AvgIpc) is 2.97. The molecule has 0 bridgehead atoms. The number of aromatic nitrogens is 1. The zero-order chi connectivity index (χ0) is 16.2. The minimum atomic E-state index is -0.306. The Morgan fingerprint density at radius 2 is 2.00 bits per heavy atom. The number of thiazole rings is 1. The van der Waals surface area contributed by atoms with E-state index in [0.29, 0.717) is 22.2 Å². The van der Waals surface area contributed by atoms with Crippen LogP contribution in [0.4, 0.5) is 5.13 Å². The predicted molar refractivity (Wildman–Crippen MR) is 86.5 cm³/mol. The van der Waals surface area contributed by atoms with Crippen LogP contribution < -0.4 is 14.8 Å². The number of nitrogens with zero attached hydrogens (tertiary/aromatic N) is 1. The molecule has 1 N–H and O–H groups in total. The van der Waals surface area contributed by atoms with E-state index >= 15 is 0 Å². The number of ketones is 1. The van der Waals surface area contributed by atoms with Crippen LogP contribution in [0.1, 0.15) is 28.2 Å². The zero-order valence-corrected chi connectivity index (χ0v) is 13.4. The highest BCUT2D eigenvalue weighted by Gasteiger charge is 2.22. The number of Topliss-reactive ketones (excluding diaryl/α,β-unsaturated/α-hetero) is 1.